The van der Waals surface area contributed by atoms with E-state index in [0.29, 0.717) is 6.54 Å². The number of hydrogen-bond donors (Lipinski definition) is 3. The van der Waals surface area contributed by atoms with Crippen molar-refractivity contribution < 1.29 is 18.1 Å². The first kappa shape index (κ1) is 16.7. The van der Waals surface area contributed by atoms with Crippen molar-refractivity contribution in [3.05, 3.63) is 0 Å². The number of nitrogens with two attached hydrogens (primary N) is 3. The Hall–Kier alpha value is -0.673. The standard InChI is InChI=1S/C6H17NO3Si.CH4N2O/c1-8-11(9-2,10-3)6-4-5-7;2-1(3)4/h4-7H2,1-3H3;(H4,2,3,4). The second kappa shape index (κ2) is 9.87. The molecule has 0 saturated carbocycles. The maximum atomic E-state index is 9.00. The second-order valence-electron chi connectivity index (χ2n) is 2.59. The van der Waals surface area contributed by atoms with Crippen LogP contribution in [0.1, 0.15) is 6.42 Å². The van der Waals surface area contributed by atoms with E-state index in [0.717, 1.165) is 12.5 Å². The first-order chi connectivity index (χ1) is 6.97. The summed E-state index contributed by atoms with van der Waals surface area (Å²) in [6.45, 7) is 0.644. The van der Waals surface area contributed by atoms with Crippen molar-refractivity contribution in [3.63, 3.8) is 0 Å². The molecule has 0 aromatic heterocycles. The summed E-state index contributed by atoms with van der Waals surface area (Å²) < 4.78 is 15.5. The summed E-state index contributed by atoms with van der Waals surface area (Å²) in [5, 5.41) is 0. The van der Waals surface area contributed by atoms with E-state index in [9.17, 15) is 0 Å². The van der Waals surface area contributed by atoms with Gasteiger partial charge in [0.25, 0.3) is 0 Å². The van der Waals surface area contributed by atoms with Gasteiger partial charge >= 0.3 is 14.8 Å². The second-order valence-corrected chi connectivity index (χ2v) is 5.68. The molecule has 2 amide bonds. The van der Waals surface area contributed by atoms with Gasteiger partial charge in [0, 0.05) is 27.4 Å². The maximum absolute atomic E-state index is 9.00. The summed E-state index contributed by atoms with van der Waals surface area (Å²) in [6.07, 6.45) is 0.877. The number of carbonyl (C=O) groups is 1. The molecule has 0 aromatic carbocycles. The molecule has 7 nitrogen and oxygen atoms in total. The van der Waals surface area contributed by atoms with Crippen LogP contribution < -0.4 is 17.2 Å². The lowest BCUT2D eigenvalue weighted by Crippen LogP contribution is -2.42. The molecule has 6 N–H and O–H groups in total. The third kappa shape index (κ3) is 9.63. The van der Waals surface area contributed by atoms with Crippen LogP contribution in [0.3, 0.4) is 0 Å². The first-order valence-electron chi connectivity index (χ1n) is 4.38. The maximum Gasteiger partial charge on any atom is 0.500 e. The zero-order valence-electron chi connectivity index (χ0n) is 9.49. The van der Waals surface area contributed by atoms with E-state index < -0.39 is 14.8 Å². The molecule has 0 saturated heterocycles. The van der Waals surface area contributed by atoms with Gasteiger partial charge in [0.1, 0.15) is 0 Å². The van der Waals surface area contributed by atoms with Crippen LogP contribution in [-0.4, -0.2) is 42.7 Å². The lowest BCUT2D eigenvalue weighted by atomic mass is 10.5. The molecular formula is C7H21N3O4Si. The molecule has 0 radical (unpaired) electrons. The highest BCUT2D eigenvalue weighted by atomic mass is 28.4. The highest BCUT2D eigenvalue weighted by Crippen LogP contribution is 2.13. The quantitative estimate of drug-likeness (QED) is 0.526. The van der Waals surface area contributed by atoms with Gasteiger partial charge in [-0.1, -0.05) is 0 Å². The lowest BCUT2D eigenvalue weighted by Gasteiger charge is -2.23. The van der Waals surface area contributed by atoms with E-state index in [1.807, 2.05) is 0 Å². The largest absolute Gasteiger partial charge is 0.500 e. The minimum absolute atomic E-state index is 0.644. The van der Waals surface area contributed by atoms with E-state index in [-0.39, 0.29) is 0 Å². The Kier molecular flexibility index (Phi) is 11.0. The molecule has 0 spiro atoms. The fourth-order valence-corrected chi connectivity index (χ4v) is 2.62. The average Bonchev–Trinajstić information content (AvgIpc) is 2.20. The molecule has 0 unspecified atom stereocenters. The van der Waals surface area contributed by atoms with Gasteiger partial charge in [0.15, 0.2) is 0 Å². The van der Waals surface area contributed by atoms with E-state index in [1.54, 1.807) is 21.3 Å². The van der Waals surface area contributed by atoms with Gasteiger partial charge in [-0.15, -0.1) is 0 Å². The Bertz CT molecular complexity index is 154. The molecule has 0 aliphatic carbocycles. The average molecular weight is 239 g/mol. The Balaban J connectivity index is 0. The van der Waals surface area contributed by atoms with Crippen molar-refractivity contribution in [1.82, 2.24) is 0 Å². The molecule has 0 atom stereocenters. The summed E-state index contributed by atoms with van der Waals surface area (Å²) in [6, 6.07) is -0.0486. The van der Waals surface area contributed by atoms with Crippen LogP contribution in [0.4, 0.5) is 4.79 Å². The molecule has 0 aromatic rings. The van der Waals surface area contributed by atoms with E-state index >= 15 is 0 Å². The van der Waals surface area contributed by atoms with Gasteiger partial charge in [-0.2, -0.15) is 0 Å². The highest BCUT2D eigenvalue weighted by molar-refractivity contribution is 6.60. The van der Waals surface area contributed by atoms with Gasteiger partial charge in [0.2, 0.25) is 0 Å². The highest BCUT2D eigenvalue weighted by Gasteiger charge is 2.36. The van der Waals surface area contributed by atoms with Crippen LogP contribution in [-0.2, 0) is 13.3 Å². The van der Waals surface area contributed by atoms with E-state index in [1.165, 1.54) is 0 Å². The molecule has 0 aliphatic rings. The summed E-state index contributed by atoms with van der Waals surface area (Å²) >= 11 is 0. The molecule has 0 bridgehead atoms. The third-order valence-electron chi connectivity index (χ3n) is 1.62. The fourth-order valence-electron chi connectivity index (χ4n) is 0.875. The van der Waals surface area contributed by atoms with Crippen molar-refractivity contribution >= 4 is 14.8 Å². The van der Waals surface area contributed by atoms with Crippen LogP contribution in [0.2, 0.25) is 6.04 Å². The smallest absolute Gasteiger partial charge is 0.377 e. The SMILES string of the molecule is CO[Si](CCCN)(OC)OC.NC(N)=O. The Labute approximate surface area is 91.2 Å². The van der Waals surface area contributed by atoms with Crippen LogP contribution >= 0.6 is 0 Å². The molecule has 8 heteroatoms. The number of urea groups is 1. The molecule has 15 heavy (non-hydrogen) atoms. The molecule has 0 rings (SSSR count). The molecule has 0 heterocycles. The van der Waals surface area contributed by atoms with Crippen molar-refractivity contribution in [1.29, 1.82) is 0 Å². The zero-order chi connectivity index (χ0) is 12.3. The van der Waals surface area contributed by atoms with Gasteiger partial charge in [-0.3, -0.25) is 0 Å². The van der Waals surface area contributed by atoms with Gasteiger partial charge in [-0.25, -0.2) is 4.79 Å². The molecular weight excluding hydrogens is 218 g/mol. The van der Waals surface area contributed by atoms with Crippen LogP contribution in [0.25, 0.3) is 0 Å². The van der Waals surface area contributed by atoms with Crippen molar-refractivity contribution in [3.8, 4) is 0 Å². The lowest BCUT2D eigenvalue weighted by molar-refractivity contribution is 0.123. The minimum atomic E-state index is -2.32. The van der Waals surface area contributed by atoms with Crippen LogP contribution in [0.5, 0.6) is 0 Å². The summed E-state index contributed by atoms with van der Waals surface area (Å²) in [5.74, 6) is 0. The number of carbonyl (C=O) groups excluding carboxylic acids is 1. The van der Waals surface area contributed by atoms with Crippen LogP contribution in [0, 0.1) is 0 Å². The van der Waals surface area contributed by atoms with Crippen molar-refractivity contribution in [2.75, 3.05) is 27.9 Å². The number of primary amides is 2. The predicted octanol–water partition coefficient (Wildman–Crippen LogP) is -0.763. The molecule has 92 valence electrons. The van der Waals surface area contributed by atoms with E-state index in [2.05, 4.69) is 11.5 Å². The fraction of sp³-hybridized carbons (Fsp3) is 0.857. The number of rotatable bonds is 6. The summed E-state index contributed by atoms with van der Waals surface area (Å²) in [5.41, 5.74) is 13.9. The van der Waals surface area contributed by atoms with Crippen molar-refractivity contribution in [2.24, 2.45) is 17.2 Å². The third-order valence-corrected chi connectivity index (χ3v) is 4.45. The minimum Gasteiger partial charge on any atom is -0.377 e. The molecule has 0 fully saturated rings. The van der Waals surface area contributed by atoms with E-state index in [4.69, 9.17) is 23.8 Å². The Morgan fingerprint density at radius 2 is 1.47 bits per heavy atom. The van der Waals surface area contributed by atoms with Crippen molar-refractivity contribution in [2.45, 2.75) is 12.5 Å². The van der Waals surface area contributed by atoms with Gasteiger partial charge in [0.05, 0.1) is 0 Å². The topological polar surface area (TPSA) is 123 Å². The monoisotopic (exact) mass is 239 g/mol. The number of amides is 2. The summed E-state index contributed by atoms with van der Waals surface area (Å²) in [4.78, 5) is 9.00. The molecule has 0 aliphatic heterocycles. The Morgan fingerprint density at radius 3 is 1.67 bits per heavy atom. The van der Waals surface area contributed by atoms with Gasteiger partial charge < -0.3 is 30.5 Å². The van der Waals surface area contributed by atoms with Gasteiger partial charge in [-0.05, 0) is 13.0 Å². The first-order valence-corrected chi connectivity index (χ1v) is 6.31. The zero-order valence-corrected chi connectivity index (χ0v) is 10.5. The normalized spacial score (nSPS) is 10.4. The summed E-state index contributed by atoms with van der Waals surface area (Å²) in [7, 11) is 2.50. The Morgan fingerprint density at radius 1 is 1.13 bits per heavy atom. The van der Waals surface area contributed by atoms with Crippen LogP contribution in [0.15, 0.2) is 0 Å². The predicted molar refractivity (Wildman–Crippen MR) is 59.0 cm³/mol. The number of hydrogen-bond acceptors (Lipinski definition) is 5.